The van der Waals surface area contributed by atoms with Crippen molar-refractivity contribution in [3.8, 4) is 0 Å². The van der Waals surface area contributed by atoms with E-state index < -0.39 is 0 Å². The summed E-state index contributed by atoms with van der Waals surface area (Å²) in [5, 5.41) is 9.82. The van der Waals surface area contributed by atoms with Crippen LogP contribution in [0.3, 0.4) is 0 Å². The Balaban J connectivity index is 1.54. The summed E-state index contributed by atoms with van der Waals surface area (Å²) >= 11 is 0. The highest BCUT2D eigenvalue weighted by Gasteiger charge is 2.39. The van der Waals surface area contributed by atoms with E-state index >= 15 is 0 Å². The van der Waals surface area contributed by atoms with Gasteiger partial charge in [0.1, 0.15) is 5.82 Å². The van der Waals surface area contributed by atoms with Gasteiger partial charge in [-0.25, -0.2) is 4.39 Å². The lowest BCUT2D eigenvalue weighted by Crippen LogP contribution is -2.50. The molecule has 1 aromatic rings. The SMILES string of the molecule is OC1CCOC2(CCN(Cc3ccc(F)cc3)CC2)C1. The van der Waals surface area contributed by atoms with Crippen molar-refractivity contribution in [1.82, 2.24) is 4.90 Å². The lowest BCUT2D eigenvalue weighted by atomic mass is 9.83. The number of piperidine rings is 1. The maximum atomic E-state index is 12.9. The minimum Gasteiger partial charge on any atom is -0.393 e. The molecule has 2 heterocycles. The Morgan fingerprint density at radius 1 is 1.25 bits per heavy atom. The zero-order chi connectivity index (χ0) is 14.0. The normalized spacial score (nSPS) is 26.8. The summed E-state index contributed by atoms with van der Waals surface area (Å²) < 4.78 is 18.8. The molecule has 1 unspecified atom stereocenters. The smallest absolute Gasteiger partial charge is 0.123 e. The number of benzene rings is 1. The van der Waals surface area contributed by atoms with Gasteiger partial charge in [0.25, 0.3) is 0 Å². The van der Waals surface area contributed by atoms with Crippen LogP contribution in [0.15, 0.2) is 24.3 Å². The highest BCUT2D eigenvalue weighted by Crippen LogP contribution is 2.35. The maximum absolute atomic E-state index is 12.9. The number of nitrogens with zero attached hydrogens (tertiary/aromatic N) is 1. The van der Waals surface area contributed by atoms with E-state index in [2.05, 4.69) is 4.90 Å². The first-order valence-corrected chi connectivity index (χ1v) is 7.44. The fourth-order valence-corrected chi connectivity index (χ4v) is 3.32. The number of hydrogen-bond acceptors (Lipinski definition) is 3. The average molecular weight is 279 g/mol. The first kappa shape index (κ1) is 14.0. The Hall–Kier alpha value is -0.970. The van der Waals surface area contributed by atoms with Crippen molar-refractivity contribution in [3.05, 3.63) is 35.6 Å². The summed E-state index contributed by atoms with van der Waals surface area (Å²) in [5.41, 5.74) is 1.05. The standard InChI is InChI=1S/C16H22FNO2/c17-14-3-1-13(2-4-14)12-18-8-6-16(7-9-18)11-15(19)5-10-20-16/h1-4,15,19H,5-12H2. The van der Waals surface area contributed by atoms with Crippen LogP contribution in [0.5, 0.6) is 0 Å². The minimum absolute atomic E-state index is 0.100. The second kappa shape index (κ2) is 5.80. The van der Waals surface area contributed by atoms with E-state index in [0.717, 1.165) is 50.9 Å². The van der Waals surface area contributed by atoms with Crippen LogP contribution in [0.1, 0.15) is 31.2 Å². The van der Waals surface area contributed by atoms with E-state index in [1.807, 2.05) is 12.1 Å². The molecule has 1 aromatic carbocycles. The summed E-state index contributed by atoms with van der Waals surface area (Å²) in [6.45, 7) is 3.49. The average Bonchev–Trinajstić information content (AvgIpc) is 2.44. The topological polar surface area (TPSA) is 32.7 Å². The molecule has 0 bridgehead atoms. The van der Waals surface area contributed by atoms with Crippen molar-refractivity contribution in [1.29, 1.82) is 0 Å². The van der Waals surface area contributed by atoms with Gasteiger partial charge in [-0.2, -0.15) is 0 Å². The van der Waals surface area contributed by atoms with Crippen LogP contribution in [0.2, 0.25) is 0 Å². The van der Waals surface area contributed by atoms with Crippen molar-refractivity contribution in [2.75, 3.05) is 19.7 Å². The molecule has 1 spiro atoms. The van der Waals surface area contributed by atoms with Crippen molar-refractivity contribution >= 4 is 0 Å². The molecule has 0 aromatic heterocycles. The van der Waals surface area contributed by atoms with E-state index in [1.165, 1.54) is 12.1 Å². The largest absolute Gasteiger partial charge is 0.393 e. The highest BCUT2D eigenvalue weighted by molar-refractivity contribution is 5.16. The van der Waals surface area contributed by atoms with Crippen LogP contribution in [0.25, 0.3) is 0 Å². The van der Waals surface area contributed by atoms with Gasteiger partial charge in [0.2, 0.25) is 0 Å². The van der Waals surface area contributed by atoms with Crippen molar-refractivity contribution in [2.45, 2.75) is 43.9 Å². The van der Waals surface area contributed by atoms with Gasteiger partial charge in [-0.1, -0.05) is 12.1 Å². The lowest BCUT2D eigenvalue weighted by molar-refractivity contribution is -0.143. The first-order chi connectivity index (χ1) is 9.65. The molecule has 1 N–H and O–H groups in total. The summed E-state index contributed by atoms with van der Waals surface area (Å²) in [5.74, 6) is -0.184. The third kappa shape index (κ3) is 3.19. The lowest BCUT2D eigenvalue weighted by Gasteiger charge is -2.45. The number of ether oxygens (including phenoxy) is 1. The van der Waals surface area contributed by atoms with Crippen LogP contribution < -0.4 is 0 Å². The fourth-order valence-electron chi connectivity index (χ4n) is 3.32. The summed E-state index contributed by atoms with van der Waals surface area (Å²) in [7, 11) is 0. The molecular weight excluding hydrogens is 257 g/mol. The Bertz CT molecular complexity index is 440. The molecule has 110 valence electrons. The van der Waals surface area contributed by atoms with E-state index in [1.54, 1.807) is 0 Å². The van der Waals surface area contributed by atoms with Crippen molar-refractivity contribution < 1.29 is 14.2 Å². The molecule has 0 radical (unpaired) electrons. The number of halogens is 1. The molecule has 0 amide bonds. The Morgan fingerprint density at radius 3 is 2.60 bits per heavy atom. The summed E-state index contributed by atoms with van der Waals surface area (Å²) in [6, 6.07) is 6.73. The van der Waals surface area contributed by atoms with Crippen LogP contribution in [0, 0.1) is 5.82 Å². The first-order valence-electron chi connectivity index (χ1n) is 7.44. The number of rotatable bonds is 2. The van der Waals surface area contributed by atoms with Crippen molar-refractivity contribution in [2.24, 2.45) is 0 Å². The van der Waals surface area contributed by atoms with Gasteiger partial charge in [-0.15, -0.1) is 0 Å². The zero-order valence-electron chi connectivity index (χ0n) is 11.7. The third-order valence-corrected chi connectivity index (χ3v) is 4.55. The van der Waals surface area contributed by atoms with Gasteiger partial charge in [0.05, 0.1) is 11.7 Å². The molecule has 4 heteroatoms. The number of hydrogen-bond donors (Lipinski definition) is 1. The molecule has 0 aliphatic carbocycles. The highest BCUT2D eigenvalue weighted by atomic mass is 19.1. The van der Waals surface area contributed by atoms with Gasteiger partial charge in [-0.05, 0) is 37.0 Å². The third-order valence-electron chi connectivity index (χ3n) is 4.55. The number of aliphatic hydroxyl groups is 1. The molecule has 0 saturated carbocycles. The quantitative estimate of drug-likeness (QED) is 0.902. The van der Waals surface area contributed by atoms with Crippen LogP contribution in [0.4, 0.5) is 4.39 Å². The molecule has 2 saturated heterocycles. The molecule has 1 atom stereocenters. The van der Waals surface area contributed by atoms with Crippen LogP contribution >= 0.6 is 0 Å². The Morgan fingerprint density at radius 2 is 1.95 bits per heavy atom. The predicted molar refractivity (Wildman–Crippen MR) is 74.8 cm³/mol. The minimum atomic E-state index is -0.201. The van der Waals surface area contributed by atoms with Crippen LogP contribution in [-0.4, -0.2) is 41.4 Å². The molecule has 20 heavy (non-hydrogen) atoms. The van der Waals surface area contributed by atoms with Gasteiger partial charge in [0.15, 0.2) is 0 Å². The maximum Gasteiger partial charge on any atom is 0.123 e. The Kier molecular flexibility index (Phi) is 4.06. The zero-order valence-corrected chi connectivity index (χ0v) is 11.7. The van der Waals surface area contributed by atoms with E-state index in [0.29, 0.717) is 6.61 Å². The van der Waals surface area contributed by atoms with Crippen molar-refractivity contribution in [3.63, 3.8) is 0 Å². The second-order valence-corrected chi connectivity index (χ2v) is 6.08. The predicted octanol–water partition coefficient (Wildman–Crippen LogP) is 2.33. The molecule has 2 aliphatic heterocycles. The number of aliphatic hydroxyl groups excluding tert-OH is 1. The summed E-state index contributed by atoms with van der Waals surface area (Å²) in [4.78, 5) is 2.38. The fraction of sp³-hybridized carbons (Fsp3) is 0.625. The van der Waals surface area contributed by atoms with Gasteiger partial charge in [-0.3, -0.25) is 4.90 Å². The summed E-state index contributed by atoms with van der Waals surface area (Å²) in [6.07, 6.45) is 3.29. The van der Waals surface area contributed by atoms with E-state index in [9.17, 15) is 9.50 Å². The van der Waals surface area contributed by atoms with E-state index in [4.69, 9.17) is 4.74 Å². The second-order valence-electron chi connectivity index (χ2n) is 6.08. The monoisotopic (exact) mass is 279 g/mol. The van der Waals surface area contributed by atoms with E-state index in [-0.39, 0.29) is 17.5 Å². The Labute approximate surface area is 119 Å². The molecule has 3 nitrogen and oxygen atoms in total. The van der Waals surface area contributed by atoms with Crippen LogP contribution in [-0.2, 0) is 11.3 Å². The molecule has 3 rings (SSSR count). The number of likely N-dealkylation sites (tertiary alicyclic amines) is 1. The molecular formula is C16H22FNO2. The van der Waals surface area contributed by atoms with Gasteiger partial charge in [0, 0.05) is 32.7 Å². The molecule has 2 aliphatic rings. The van der Waals surface area contributed by atoms with Gasteiger partial charge >= 0.3 is 0 Å². The molecule has 2 fully saturated rings. The van der Waals surface area contributed by atoms with Gasteiger partial charge < -0.3 is 9.84 Å².